The number of hydrogen-bond donors (Lipinski definition) is 2. The molecule has 3 aromatic carbocycles. The number of carbonyl (C=O) groups excluding carboxylic acids is 1. The van der Waals surface area contributed by atoms with Crippen LogP contribution in [0.3, 0.4) is 0 Å². The van der Waals surface area contributed by atoms with Crippen LogP contribution in [0.2, 0.25) is 10.0 Å². The van der Waals surface area contributed by atoms with Gasteiger partial charge < -0.3 is 10.4 Å². The lowest BCUT2D eigenvalue weighted by Crippen LogP contribution is -2.34. The van der Waals surface area contributed by atoms with Crippen LogP contribution in [-0.4, -0.2) is 17.1 Å². The molecule has 3 aromatic rings. The summed E-state index contributed by atoms with van der Waals surface area (Å²) in [7, 11) is 0. The Bertz CT molecular complexity index is 1310. The molecule has 0 heterocycles. The van der Waals surface area contributed by atoms with Crippen molar-refractivity contribution in [3.05, 3.63) is 106 Å². The minimum absolute atomic E-state index is 0.104. The first-order valence-corrected chi connectivity index (χ1v) is 13.4. The molecule has 0 aliphatic heterocycles. The number of carboxylic acids is 1. The molecule has 0 aromatic heterocycles. The topological polar surface area (TPSA) is 69.6 Å². The van der Waals surface area contributed by atoms with Crippen molar-refractivity contribution in [2.75, 3.05) is 10.2 Å². The molecular formula is C31H30Cl2N2O3. The summed E-state index contributed by atoms with van der Waals surface area (Å²) < 4.78 is 0. The molecule has 0 saturated heterocycles. The van der Waals surface area contributed by atoms with Gasteiger partial charge in [-0.3, -0.25) is 9.69 Å². The number of nitrogens with one attached hydrogen (secondary N) is 1. The van der Waals surface area contributed by atoms with E-state index >= 15 is 0 Å². The Labute approximate surface area is 233 Å². The number of nitrogens with zero attached hydrogens (tertiary/aromatic N) is 1. The molecule has 4 rings (SSSR count). The number of aliphatic carboxylic acids is 1. The summed E-state index contributed by atoms with van der Waals surface area (Å²) in [6.45, 7) is 0.352. The van der Waals surface area contributed by atoms with E-state index in [0.717, 1.165) is 29.7 Å². The van der Waals surface area contributed by atoms with E-state index in [1.54, 1.807) is 23.1 Å². The average molecular weight is 549 g/mol. The van der Waals surface area contributed by atoms with Gasteiger partial charge in [0.15, 0.2) is 0 Å². The Hall–Kier alpha value is -3.54. The maximum Gasteiger partial charge on any atom is 0.326 e. The molecule has 2 N–H and O–H groups in total. The van der Waals surface area contributed by atoms with Crippen LogP contribution in [0.4, 0.5) is 16.2 Å². The van der Waals surface area contributed by atoms with E-state index in [2.05, 4.69) is 23.5 Å². The molecule has 38 heavy (non-hydrogen) atoms. The van der Waals surface area contributed by atoms with Crippen molar-refractivity contribution in [2.24, 2.45) is 0 Å². The fraction of sp³-hybridized carbons (Fsp3) is 0.226. The molecule has 0 spiro atoms. The van der Waals surface area contributed by atoms with Gasteiger partial charge in [0.1, 0.15) is 0 Å². The van der Waals surface area contributed by atoms with Crippen LogP contribution in [0.25, 0.3) is 11.6 Å². The van der Waals surface area contributed by atoms with E-state index in [1.807, 2.05) is 48.6 Å². The van der Waals surface area contributed by atoms with E-state index in [4.69, 9.17) is 28.3 Å². The highest BCUT2D eigenvalue weighted by molar-refractivity contribution is 6.35. The third-order valence-electron chi connectivity index (χ3n) is 6.36. The van der Waals surface area contributed by atoms with Crippen molar-refractivity contribution in [1.29, 1.82) is 0 Å². The van der Waals surface area contributed by atoms with Crippen molar-refractivity contribution in [3.8, 4) is 0 Å². The molecule has 0 unspecified atom stereocenters. The number of amides is 2. The van der Waals surface area contributed by atoms with Gasteiger partial charge in [0.05, 0.1) is 6.54 Å². The highest BCUT2D eigenvalue weighted by atomic mass is 35.5. The minimum Gasteiger partial charge on any atom is -0.481 e. The van der Waals surface area contributed by atoms with Crippen LogP contribution in [0.5, 0.6) is 0 Å². The molecule has 1 aliphatic rings. The number of anilines is 2. The average Bonchev–Trinajstić information content (AvgIpc) is 2.90. The zero-order valence-electron chi connectivity index (χ0n) is 21.0. The fourth-order valence-electron chi connectivity index (χ4n) is 4.40. The SMILES string of the molecule is O=C(O)CC/C=C/c1ccc(CN(C(=O)Nc2cc(Cl)cc(Cl)c2)c2ccc(C3=CCCCC3)cc2)cc1. The molecule has 2 amide bonds. The number of halogens is 2. The van der Waals surface area contributed by atoms with E-state index in [-0.39, 0.29) is 12.5 Å². The zero-order valence-corrected chi connectivity index (χ0v) is 22.5. The lowest BCUT2D eigenvalue weighted by atomic mass is 9.93. The molecule has 0 radical (unpaired) electrons. The highest BCUT2D eigenvalue weighted by Crippen LogP contribution is 2.29. The maximum atomic E-state index is 13.5. The van der Waals surface area contributed by atoms with Gasteiger partial charge in [-0.05, 0) is 84.7 Å². The van der Waals surface area contributed by atoms with Crippen LogP contribution < -0.4 is 10.2 Å². The van der Waals surface area contributed by atoms with Gasteiger partial charge in [-0.1, -0.05) is 77.8 Å². The maximum absolute atomic E-state index is 13.5. The zero-order chi connectivity index (χ0) is 26.9. The van der Waals surface area contributed by atoms with Gasteiger partial charge in [-0.2, -0.15) is 0 Å². The normalized spacial score (nSPS) is 13.3. The Morgan fingerprint density at radius 3 is 2.29 bits per heavy atom. The van der Waals surface area contributed by atoms with Gasteiger partial charge in [0, 0.05) is 27.8 Å². The largest absolute Gasteiger partial charge is 0.481 e. The van der Waals surface area contributed by atoms with Crippen molar-refractivity contribution < 1.29 is 14.7 Å². The van der Waals surface area contributed by atoms with Crippen molar-refractivity contribution in [1.82, 2.24) is 0 Å². The third kappa shape index (κ3) is 7.98. The summed E-state index contributed by atoms with van der Waals surface area (Å²) in [4.78, 5) is 25.9. The summed E-state index contributed by atoms with van der Waals surface area (Å²) in [5.41, 5.74) is 5.76. The lowest BCUT2D eigenvalue weighted by molar-refractivity contribution is -0.136. The molecular weight excluding hydrogens is 519 g/mol. The number of urea groups is 1. The van der Waals surface area contributed by atoms with Gasteiger partial charge in [0.25, 0.3) is 0 Å². The van der Waals surface area contributed by atoms with Crippen molar-refractivity contribution in [2.45, 2.75) is 45.1 Å². The number of benzene rings is 3. The second kappa shape index (κ2) is 13.3. The molecule has 0 atom stereocenters. The minimum atomic E-state index is -0.813. The first kappa shape index (κ1) is 27.5. The van der Waals surface area contributed by atoms with E-state index in [0.29, 0.717) is 28.7 Å². The number of hydrogen-bond acceptors (Lipinski definition) is 2. The van der Waals surface area contributed by atoms with Crippen molar-refractivity contribution >= 4 is 58.2 Å². The first-order chi connectivity index (χ1) is 18.4. The Kier molecular flexibility index (Phi) is 9.63. The summed E-state index contributed by atoms with van der Waals surface area (Å²) in [6.07, 6.45) is 11.3. The second-order valence-corrected chi connectivity index (χ2v) is 10.1. The number of carbonyl (C=O) groups is 2. The molecule has 0 bridgehead atoms. The Morgan fingerprint density at radius 2 is 1.66 bits per heavy atom. The van der Waals surface area contributed by atoms with Crippen molar-refractivity contribution in [3.63, 3.8) is 0 Å². The van der Waals surface area contributed by atoms with Crippen LogP contribution in [0.15, 0.2) is 78.9 Å². The highest BCUT2D eigenvalue weighted by Gasteiger charge is 2.18. The quantitative estimate of drug-likeness (QED) is 0.280. The van der Waals surface area contributed by atoms with Gasteiger partial charge in [0.2, 0.25) is 0 Å². The molecule has 196 valence electrons. The molecule has 0 saturated carbocycles. The monoisotopic (exact) mass is 548 g/mol. The van der Waals surface area contributed by atoms with Crippen LogP contribution in [0.1, 0.15) is 55.2 Å². The van der Waals surface area contributed by atoms with Crippen LogP contribution >= 0.6 is 23.2 Å². The van der Waals surface area contributed by atoms with E-state index < -0.39 is 5.97 Å². The molecule has 1 aliphatic carbocycles. The van der Waals surface area contributed by atoms with Gasteiger partial charge in [-0.15, -0.1) is 0 Å². The lowest BCUT2D eigenvalue weighted by Gasteiger charge is -2.24. The fourth-order valence-corrected chi connectivity index (χ4v) is 4.92. The molecule has 0 fully saturated rings. The van der Waals surface area contributed by atoms with E-state index in [9.17, 15) is 9.59 Å². The first-order valence-electron chi connectivity index (χ1n) is 12.7. The van der Waals surface area contributed by atoms with Crippen LogP contribution in [-0.2, 0) is 11.3 Å². The summed E-state index contributed by atoms with van der Waals surface area (Å²) in [5.74, 6) is -0.813. The molecule has 5 nitrogen and oxygen atoms in total. The molecule has 7 heteroatoms. The van der Waals surface area contributed by atoms with Crippen LogP contribution in [0, 0.1) is 0 Å². The predicted octanol–water partition coefficient (Wildman–Crippen LogP) is 9.07. The standard InChI is InChI=1S/C31H30Cl2N2O3/c32-26-18-27(33)20-28(19-26)34-31(38)35(29-16-14-25(15-17-29)24-7-2-1-3-8-24)21-23-12-10-22(11-13-23)6-4-5-9-30(36)37/h4,6-7,10-20H,1-3,5,8-9,21H2,(H,34,38)(H,36,37)/b6-4+. The summed E-state index contributed by atoms with van der Waals surface area (Å²) >= 11 is 12.3. The van der Waals surface area contributed by atoms with Gasteiger partial charge >= 0.3 is 12.0 Å². The number of rotatable bonds is 9. The smallest absolute Gasteiger partial charge is 0.326 e. The summed E-state index contributed by atoms with van der Waals surface area (Å²) in [6, 6.07) is 20.6. The predicted molar refractivity (Wildman–Crippen MR) is 157 cm³/mol. The Balaban J connectivity index is 1.54. The number of allylic oxidation sites excluding steroid dienone is 3. The second-order valence-electron chi connectivity index (χ2n) is 9.27. The van der Waals surface area contributed by atoms with E-state index in [1.165, 1.54) is 24.0 Å². The van der Waals surface area contributed by atoms with Gasteiger partial charge in [-0.25, -0.2) is 4.79 Å². The number of carboxylic acid groups (broad SMARTS) is 1. The Morgan fingerprint density at radius 1 is 0.947 bits per heavy atom. The summed E-state index contributed by atoms with van der Waals surface area (Å²) in [5, 5.41) is 12.6. The third-order valence-corrected chi connectivity index (χ3v) is 6.79.